The topological polar surface area (TPSA) is 68.4 Å². The number of rotatable bonds is 4. The van der Waals surface area contributed by atoms with Crippen LogP contribution in [0.3, 0.4) is 0 Å². The maximum absolute atomic E-state index is 13.1. The fourth-order valence-electron chi connectivity index (χ4n) is 4.97. The summed E-state index contributed by atoms with van der Waals surface area (Å²) in [4.78, 5) is 30.6. The molecule has 1 N–H and O–H groups in total. The summed E-state index contributed by atoms with van der Waals surface area (Å²) in [5.41, 5.74) is 7.07. The number of anilines is 1. The van der Waals surface area contributed by atoms with Crippen LogP contribution in [0.5, 0.6) is 0 Å². The Bertz CT molecular complexity index is 1600. The van der Waals surface area contributed by atoms with E-state index in [1.165, 1.54) is 17.5 Å². The Balaban J connectivity index is 1.28. The van der Waals surface area contributed by atoms with Crippen LogP contribution in [0, 0.1) is 0 Å². The largest absolute Gasteiger partial charge is 0.322 e. The number of carbonyl (C=O) groups is 1. The minimum atomic E-state index is -0.121. The summed E-state index contributed by atoms with van der Waals surface area (Å²) in [6.45, 7) is 0.377. The van der Waals surface area contributed by atoms with E-state index >= 15 is 0 Å². The second kappa shape index (κ2) is 8.30. The Hall–Kier alpha value is -4.19. The zero-order valence-corrected chi connectivity index (χ0v) is 18.7. The van der Waals surface area contributed by atoms with Crippen molar-refractivity contribution in [3.8, 4) is 0 Å². The number of pyridine rings is 1. The van der Waals surface area contributed by atoms with Crippen molar-refractivity contribution in [1.82, 2.24) is 14.0 Å². The molecule has 0 spiro atoms. The van der Waals surface area contributed by atoms with Crippen molar-refractivity contribution < 1.29 is 4.79 Å². The first kappa shape index (κ1) is 20.4. The summed E-state index contributed by atoms with van der Waals surface area (Å²) < 4.78 is 3.56. The minimum Gasteiger partial charge on any atom is -0.322 e. The average molecular weight is 449 g/mol. The van der Waals surface area contributed by atoms with Gasteiger partial charge in [0.25, 0.3) is 11.5 Å². The Labute approximate surface area is 196 Å². The Morgan fingerprint density at radius 1 is 0.912 bits per heavy atom. The van der Waals surface area contributed by atoms with E-state index in [1.807, 2.05) is 71.3 Å². The van der Waals surface area contributed by atoms with Crippen LogP contribution in [0.1, 0.15) is 39.9 Å². The lowest BCUT2D eigenvalue weighted by atomic mass is 9.90. The number of benzene rings is 2. The van der Waals surface area contributed by atoms with Gasteiger partial charge in [-0.1, -0.05) is 24.3 Å². The van der Waals surface area contributed by atoms with Gasteiger partial charge in [-0.25, -0.2) is 4.98 Å². The molecule has 168 valence electrons. The zero-order chi connectivity index (χ0) is 23.1. The molecule has 1 aliphatic carbocycles. The maximum atomic E-state index is 13.1. The van der Waals surface area contributed by atoms with Gasteiger partial charge in [0.2, 0.25) is 0 Å². The van der Waals surface area contributed by atoms with Crippen LogP contribution in [0.2, 0.25) is 0 Å². The number of hydrogen-bond acceptors (Lipinski definition) is 3. The molecule has 0 saturated carbocycles. The van der Waals surface area contributed by atoms with E-state index in [0.29, 0.717) is 23.3 Å². The fraction of sp³-hybridized carbons (Fsp3) is 0.179. The van der Waals surface area contributed by atoms with E-state index in [2.05, 4.69) is 16.4 Å². The number of nitrogens with one attached hydrogen (secondary N) is 1. The van der Waals surface area contributed by atoms with Gasteiger partial charge in [0.05, 0.1) is 12.1 Å². The van der Waals surface area contributed by atoms with E-state index in [4.69, 9.17) is 0 Å². The lowest BCUT2D eigenvalue weighted by molar-refractivity contribution is 0.102. The molecular formula is C28H24N4O2. The van der Waals surface area contributed by atoms with E-state index in [9.17, 15) is 9.59 Å². The molecule has 0 bridgehead atoms. The second-order valence-corrected chi connectivity index (χ2v) is 8.80. The number of nitrogens with zero attached hydrogens (tertiary/aromatic N) is 3. The van der Waals surface area contributed by atoms with Gasteiger partial charge in [-0.2, -0.15) is 0 Å². The molecule has 6 nitrogen and oxygen atoms in total. The van der Waals surface area contributed by atoms with Crippen molar-refractivity contribution in [3.05, 3.63) is 112 Å². The van der Waals surface area contributed by atoms with Crippen LogP contribution in [0.4, 0.5) is 5.69 Å². The van der Waals surface area contributed by atoms with Crippen molar-refractivity contribution >= 4 is 28.3 Å². The minimum absolute atomic E-state index is 0.0909. The maximum Gasteiger partial charge on any atom is 0.276 e. The molecule has 34 heavy (non-hydrogen) atoms. The molecular weight excluding hydrogens is 424 g/mol. The van der Waals surface area contributed by atoms with Crippen molar-refractivity contribution in [2.45, 2.75) is 32.2 Å². The van der Waals surface area contributed by atoms with Crippen molar-refractivity contribution in [2.24, 2.45) is 0 Å². The molecule has 0 aliphatic heterocycles. The van der Waals surface area contributed by atoms with Gasteiger partial charge in [-0.15, -0.1) is 0 Å². The predicted octanol–water partition coefficient (Wildman–Crippen LogP) is 4.83. The summed E-state index contributed by atoms with van der Waals surface area (Å²) in [6.07, 6.45) is 8.02. The zero-order valence-electron chi connectivity index (χ0n) is 18.7. The third-order valence-corrected chi connectivity index (χ3v) is 6.70. The molecule has 2 aromatic carbocycles. The first-order valence-electron chi connectivity index (χ1n) is 11.6. The first-order valence-corrected chi connectivity index (χ1v) is 11.6. The van der Waals surface area contributed by atoms with Gasteiger partial charge in [0, 0.05) is 23.6 Å². The molecule has 0 radical (unpaired) electrons. The number of hydrogen-bond donors (Lipinski definition) is 1. The standard InChI is InChI=1S/C28H24N4O2/c33-27(30-23-9-3-7-20-6-1-2-8-22(20)23)21-14-12-19(13-15-21)18-32-26-24(10-4-16-29-26)31-17-5-11-25(31)28(32)34/h3-5,7,9-17H,1-2,6,8,18H2,(H,30,33). The van der Waals surface area contributed by atoms with Crippen molar-refractivity contribution in [2.75, 3.05) is 5.32 Å². The van der Waals surface area contributed by atoms with Gasteiger partial charge in [0.15, 0.2) is 5.65 Å². The summed E-state index contributed by atoms with van der Waals surface area (Å²) >= 11 is 0. The van der Waals surface area contributed by atoms with Crippen LogP contribution in [-0.2, 0) is 19.4 Å². The lowest BCUT2D eigenvalue weighted by Gasteiger charge is -2.19. The molecule has 0 saturated heterocycles. The molecule has 0 unspecified atom stereocenters. The fourth-order valence-corrected chi connectivity index (χ4v) is 4.97. The van der Waals surface area contributed by atoms with Crippen molar-refractivity contribution in [3.63, 3.8) is 0 Å². The van der Waals surface area contributed by atoms with Crippen LogP contribution < -0.4 is 10.9 Å². The molecule has 3 heterocycles. The monoisotopic (exact) mass is 448 g/mol. The number of carbonyl (C=O) groups excluding carboxylic acids is 1. The summed E-state index contributed by atoms with van der Waals surface area (Å²) in [5.74, 6) is -0.121. The summed E-state index contributed by atoms with van der Waals surface area (Å²) in [7, 11) is 0. The van der Waals surface area contributed by atoms with E-state index in [-0.39, 0.29) is 11.5 Å². The van der Waals surface area contributed by atoms with Crippen molar-refractivity contribution in [1.29, 1.82) is 0 Å². The molecule has 1 amide bonds. The highest BCUT2D eigenvalue weighted by molar-refractivity contribution is 6.04. The van der Waals surface area contributed by atoms with Gasteiger partial charge < -0.3 is 9.72 Å². The van der Waals surface area contributed by atoms with E-state index < -0.39 is 0 Å². The second-order valence-electron chi connectivity index (χ2n) is 8.80. The smallest absolute Gasteiger partial charge is 0.276 e. The van der Waals surface area contributed by atoms with Crippen LogP contribution in [0.15, 0.2) is 83.9 Å². The van der Waals surface area contributed by atoms with E-state index in [0.717, 1.165) is 36.0 Å². The average Bonchev–Trinajstić information content (AvgIpc) is 3.38. The van der Waals surface area contributed by atoms with Gasteiger partial charge >= 0.3 is 0 Å². The third kappa shape index (κ3) is 3.48. The predicted molar refractivity (Wildman–Crippen MR) is 134 cm³/mol. The van der Waals surface area contributed by atoms with Gasteiger partial charge in [0.1, 0.15) is 5.52 Å². The third-order valence-electron chi connectivity index (χ3n) is 6.70. The van der Waals surface area contributed by atoms with Crippen LogP contribution in [0.25, 0.3) is 16.7 Å². The van der Waals surface area contributed by atoms with Gasteiger partial charge in [-0.05, 0) is 84.8 Å². The summed E-state index contributed by atoms with van der Waals surface area (Å²) in [6, 6.07) is 21.1. The van der Waals surface area contributed by atoms with Gasteiger partial charge in [-0.3, -0.25) is 14.2 Å². The lowest BCUT2D eigenvalue weighted by Crippen LogP contribution is -2.24. The number of amides is 1. The number of aromatic nitrogens is 3. The molecule has 0 fully saturated rings. The molecule has 3 aromatic heterocycles. The van der Waals surface area contributed by atoms with E-state index in [1.54, 1.807) is 10.8 Å². The highest BCUT2D eigenvalue weighted by atomic mass is 16.1. The molecule has 6 rings (SSSR count). The SMILES string of the molecule is O=C(Nc1cccc2c1CCCC2)c1ccc(Cn2c(=O)c3cccn3c3cccnc32)cc1. The highest BCUT2D eigenvalue weighted by Gasteiger charge is 2.16. The molecule has 6 heteroatoms. The Morgan fingerprint density at radius 3 is 2.62 bits per heavy atom. The first-order chi connectivity index (χ1) is 16.7. The Morgan fingerprint density at radius 2 is 1.74 bits per heavy atom. The molecule has 1 aliphatic rings. The van der Waals surface area contributed by atoms with Crippen LogP contribution in [-0.4, -0.2) is 19.9 Å². The number of aryl methyl sites for hydroxylation is 1. The number of fused-ring (bicyclic) bond motifs is 4. The Kier molecular flexibility index (Phi) is 4.99. The molecule has 5 aromatic rings. The highest BCUT2D eigenvalue weighted by Crippen LogP contribution is 2.28. The van der Waals surface area contributed by atoms with Crippen LogP contribution >= 0.6 is 0 Å². The normalized spacial score (nSPS) is 13.2. The molecule has 0 atom stereocenters. The summed E-state index contributed by atoms with van der Waals surface area (Å²) in [5, 5.41) is 3.10. The quantitative estimate of drug-likeness (QED) is 0.428.